The number of halogens is 4. The van der Waals surface area contributed by atoms with Gasteiger partial charge in [-0.25, -0.2) is 4.39 Å². The van der Waals surface area contributed by atoms with Crippen molar-refractivity contribution in [1.82, 2.24) is 0 Å². The fourth-order valence-corrected chi connectivity index (χ4v) is 4.21. The molecule has 1 heterocycles. The van der Waals surface area contributed by atoms with Gasteiger partial charge in [-0.15, -0.1) is 11.3 Å². The predicted octanol–water partition coefficient (Wildman–Crippen LogP) is 6.10. The molecule has 5 heteroatoms. The minimum absolute atomic E-state index is 0.0827. The van der Waals surface area contributed by atoms with Gasteiger partial charge in [0.05, 0.1) is 13.6 Å². The smallest absolute Gasteiger partial charge is 0.142 e. The molecule has 2 aromatic rings. The summed E-state index contributed by atoms with van der Waals surface area (Å²) in [4.78, 5) is 1.02. The fourth-order valence-electron chi connectivity index (χ4n) is 1.48. The lowest BCUT2D eigenvalue weighted by atomic mass is 10.1. The van der Waals surface area contributed by atoms with E-state index in [1.54, 1.807) is 17.4 Å². The molecule has 1 atom stereocenters. The van der Waals surface area contributed by atoms with Crippen LogP contribution in [0.5, 0.6) is 0 Å². The van der Waals surface area contributed by atoms with Crippen molar-refractivity contribution < 1.29 is 4.39 Å². The first-order valence-corrected chi connectivity index (χ1v) is 7.75. The van der Waals surface area contributed by atoms with Crippen molar-refractivity contribution >= 4 is 54.8 Å². The van der Waals surface area contributed by atoms with Crippen LogP contribution in [-0.2, 0) is 0 Å². The summed E-state index contributed by atoms with van der Waals surface area (Å²) in [7, 11) is 0. The van der Waals surface area contributed by atoms with Crippen LogP contribution in [0, 0.1) is 12.7 Å². The van der Waals surface area contributed by atoms with Crippen LogP contribution in [0.2, 0.25) is 5.02 Å². The van der Waals surface area contributed by atoms with Crippen molar-refractivity contribution in [1.29, 1.82) is 0 Å². The van der Waals surface area contributed by atoms with Crippen LogP contribution < -0.4 is 0 Å². The number of hydrogen-bond donors (Lipinski definition) is 0. The first kappa shape index (κ1) is 13.5. The molecular weight excluding hydrogens is 390 g/mol. The second kappa shape index (κ2) is 5.39. The summed E-state index contributed by atoms with van der Waals surface area (Å²) >= 11 is 14.6. The highest BCUT2D eigenvalue weighted by Gasteiger charge is 2.18. The zero-order valence-electron chi connectivity index (χ0n) is 8.81. The lowest BCUT2D eigenvalue weighted by molar-refractivity contribution is 0.626. The van der Waals surface area contributed by atoms with Gasteiger partial charge in [0.1, 0.15) is 5.82 Å². The molecule has 0 radical (unpaired) electrons. The molecule has 1 aromatic heterocycles. The molecule has 0 N–H and O–H groups in total. The zero-order chi connectivity index (χ0) is 12.6. The third-order valence-electron chi connectivity index (χ3n) is 2.38. The van der Waals surface area contributed by atoms with Crippen molar-refractivity contribution in [2.24, 2.45) is 0 Å². The highest BCUT2D eigenvalue weighted by atomic mass is 79.9. The number of thiophene rings is 1. The fraction of sp³-hybridized carbons (Fsp3) is 0.167. The summed E-state index contributed by atoms with van der Waals surface area (Å²) < 4.78 is 14.5. The molecule has 0 amide bonds. The van der Waals surface area contributed by atoms with Gasteiger partial charge in [-0.2, -0.15) is 0 Å². The lowest BCUT2D eigenvalue weighted by Gasteiger charge is -2.10. The van der Waals surface area contributed by atoms with Crippen molar-refractivity contribution in [3.8, 4) is 0 Å². The summed E-state index contributed by atoms with van der Waals surface area (Å²) in [6.07, 6.45) is 0. The topological polar surface area (TPSA) is 0 Å². The average molecular weight is 399 g/mol. The Balaban J connectivity index is 2.43. The first-order chi connectivity index (χ1) is 8.00. The number of aryl methyl sites for hydroxylation is 1. The van der Waals surface area contributed by atoms with E-state index in [4.69, 9.17) is 11.6 Å². The van der Waals surface area contributed by atoms with Crippen LogP contribution in [0.15, 0.2) is 28.1 Å². The lowest BCUT2D eigenvalue weighted by Crippen LogP contribution is -1.93. The molecule has 1 aromatic carbocycles. The van der Waals surface area contributed by atoms with E-state index in [9.17, 15) is 4.39 Å². The number of alkyl halides is 1. The zero-order valence-corrected chi connectivity index (χ0v) is 13.6. The summed E-state index contributed by atoms with van der Waals surface area (Å²) in [6.45, 7) is 2.02. The third-order valence-corrected chi connectivity index (χ3v) is 6.27. The van der Waals surface area contributed by atoms with Crippen molar-refractivity contribution in [3.63, 3.8) is 0 Å². The van der Waals surface area contributed by atoms with E-state index in [-0.39, 0.29) is 15.7 Å². The second-order valence-corrected chi connectivity index (χ2v) is 7.31. The molecule has 0 aliphatic rings. The molecular formula is C12H8Br2ClFS. The highest BCUT2D eigenvalue weighted by molar-refractivity contribution is 9.11. The monoisotopic (exact) mass is 396 g/mol. The Morgan fingerprint density at radius 2 is 2.12 bits per heavy atom. The van der Waals surface area contributed by atoms with Gasteiger partial charge in [-0.1, -0.05) is 39.7 Å². The Labute approximate surface area is 125 Å². The van der Waals surface area contributed by atoms with Crippen LogP contribution in [0.1, 0.15) is 20.8 Å². The molecule has 90 valence electrons. The van der Waals surface area contributed by atoms with E-state index in [0.717, 1.165) is 14.2 Å². The van der Waals surface area contributed by atoms with Gasteiger partial charge in [0.2, 0.25) is 0 Å². The Hall–Kier alpha value is 0.1000. The molecule has 0 nitrogen and oxygen atoms in total. The van der Waals surface area contributed by atoms with E-state index in [0.29, 0.717) is 0 Å². The molecule has 17 heavy (non-hydrogen) atoms. The van der Waals surface area contributed by atoms with Crippen molar-refractivity contribution in [3.05, 3.63) is 54.9 Å². The van der Waals surface area contributed by atoms with Crippen molar-refractivity contribution in [2.75, 3.05) is 0 Å². The summed E-state index contributed by atoms with van der Waals surface area (Å²) in [5.41, 5.74) is 1.92. The number of rotatable bonds is 2. The second-order valence-electron chi connectivity index (χ2n) is 3.61. The number of hydrogen-bond acceptors (Lipinski definition) is 1. The molecule has 0 spiro atoms. The minimum Gasteiger partial charge on any atom is -0.205 e. The van der Waals surface area contributed by atoms with Crippen molar-refractivity contribution in [2.45, 2.75) is 11.8 Å². The maximum Gasteiger partial charge on any atom is 0.142 e. The quantitative estimate of drug-likeness (QED) is 0.537. The van der Waals surface area contributed by atoms with Crippen LogP contribution in [0.25, 0.3) is 0 Å². The normalized spacial score (nSPS) is 12.8. The van der Waals surface area contributed by atoms with Crippen LogP contribution >= 0.6 is 54.8 Å². The molecule has 0 saturated heterocycles. The van der Waals surface area contributed by atoms with Gasteiger partial charge >= 0.3 is 0 Å². The van der Waals surface area contributed by atoms with E-state index >= 15 is 0 Å². The minimum atomic E-state index is -0.388. The van der Waals surface area contributed by atoms with Gasteiger partial charge in [0.25, 0.3) is 0 Å². The first-order valence-electron chi connectivity index (χ1n) is 4.84. The molecule has 0 bridgehead atoms. The molecule has 2 rings (SSSR count). The Bertz CT molecular complexity index is 534. The maximum absolute atomic E-state index is 13.4. The predicted molar refractivity (Wildman–Crippen MR) is 78.9 cm³/mol. The van der Waals surface area contributed by atoms with E-state index < -0.39 is 0 Å². The Kier molecular flexibility index (Phi) is 4.29. The van der Waals surface area contributed by atoms with Crippen LogP contribution in [-0.4, -0.2) is 0 Å². The largest absolute Gasteiger partial charge is 0.205 e. The maximum atomic E-state index is 13.4. The van der Waals surface area contributed by atoms with Gasteiger partial charge < -0.3 is 0 Å². The number of benzene rings is 1. The molecule has 0 fully saturated rings. The summed E-state index contributed by atoms with van der Waals surface area (Å²) in [6, 6.07) is 6.92. The van der Waals surface area contributed by atoms with Crippen LogP contribution in [0.3, 0.4) is 0 Å². The Morgan fingerprint density at radius 1 is 1.41 bits per heavy atom. The Morgan fingerprint density at radius 3 is 2.71 bits per heavy atom. The summed E-state index contributed by atoms with van der Waals surface area (Å²) in [5.74, 6) is -0.388. The average Bonchev–Trinajstić information content (AvgIpc) is 2.62. The molecule has 1 unspecified atom stereocenters. The SMILES string of the molecule is Cc1cc(C(Br)c2cccc(F)c2Cl)sc1Br. The van der Waals surface area contributed by atoms with Gasteiger partial charge in [-0.3, -0.25) is 0 Å². The van der Waals surface area contributed by atoms with E-state index in [1.807, 2.05) is 13.0 Å². The third kappa shape index (κ3) is 2.75. The van der Waals surface area contributed by atoms with Gasteiger partial charge in [0, 0.05) is 4.88 Å². The highest BCUT2D eigenvalue weighted by Crippen LogP contribution is 2.41. The van der Waals surface area contributed by atoms with Gasteiger partial charge in [0.15, 0.2) is 0 Å². The molecule has 0 aliphatic carbocycles. The summed E-state index contributed by atoms with van der Waals surface area (Å²) in [5, 5.41) is 0.177. The molecule has 0 aliphatic heterocycles. The van der Waals surface area contributed by atoms with Crippen LogP contribution in [0.4, 0.5) is 4.39 Å². The van der Waals surface area contributed by atoms with E-state index in [2.05, 4.69) is 37.9 Å². The van der Waals surface area contributed by atoms with Gasteiger partial charge in [-0.05, 0) is 46.1 Å². The van der Waals surface area contributed by atoms with E-state index in [1.165, 1.54) is 11.6 Å². The molecule has 0 saturated carbocycles. The standard InChI is InChI=1S/C12H8Br2ClFS/c1-6-5-9(17-12(6)14)10(13)7-3-2-4-8(16)11(7)15/h2-5,10H,1H3.